The zero-order valence-electron chi connectivity index (χ0n) is 16.9. The SMILES string of the molecule is CC(C)(O)c1ncc(S(N)(=O)=CC(=O)Nc2c3c(c(C#N)c4c2CCC4)CCC3)s1. The van der Waals surface area contributed by atoms with Gasteiger partial charge in [-0.25, -0.2) is 9.19 Å². The number of nitriles is 1. The summed E-state index contributed by atoms with van der Waals surface area (Å²) in [4.78, 5) is 16.9. The van der Waals surface area contributed by atoms with Crippen molar-refractivity contribution in [1.82, 2.24) is 4.98 Å². The summed E-state index contributed by atoms with van der Waals surface area (Å²) in [5, 5.41) is 30.0. The molecule has 158 valence electrons. The Morgan fingerprint density at radius 1 is 1.27 bits per heavy atom. The van der Waals surface area contributed by atoms with Crippen LogP contribution in [0.2, 0.25) is 0 Å². The molecule has 7 nitrogen and oxygen atoms in total. The summed E-state index contributed by atoms with van der Waals surface area (Å²) in [5.74, 6) is -0.534. The van der Waals surface area contributed by atoms with Crippen LogP contribution < -0.4 is 10.5 Å². The van der Waals surface area contributed by atoms with Crippen molar-refractivity contribution < 1.29 is 14.1 Å². The molecule has 0 spiro atoms. The third-order valence-corrected chi connectivity index (χ3v) is 9.04. The molecule has 0 fully saturated rings. The molecule has 9 heteroatoms. The zero-order chi connectivity index (χ0) is 21.7. The Bertz CT molecular complexity index is 1170. The third kappa shape index (κ3) is 3.65. The summed E-state index contributed by atoms with van der Waals surface area (Å²) in [6.07, 6.45) is 6.56. The number of anilines is 1. The summed E-state index contributed by atoms with van der Waals surface area (Å²) in [6.45, 7) is 3.16. The predicted octanol–water partition coefficient (Wildman–Crippen LogP) is 2.18. The smallest absolute Gasteiger partial charge is 0.258 e. The normalized spacial score (nSPS) is 17.0. The standard InChI is InChI=1S/C21H24N4O3S2/c1-21(2,27)20-24-10-18(29-20)30(23,28)11-17(26)25-19-14-7-3-5-12(14)16(9-22)13-6-4-8-15(13)19/h10-11,27H,3-8H2,1-2H3,(H2,23,28)(H,25,26). The molecule has 1 aromatic carbocycles. The molecule has 0 radical (unpaired) electrons. The summed E-state index contributed by atoms with van der Waals surface area (Å²) in [5.41, 5.74) is 4.51. The molecule has 0 bridgehead atoms. The molecule has 1 unspecified atom stereocenters. The van der Waals surface area contributed by atoms with Crippen molar-refractivity contribution in [3.05, 3.63) is 39.0 Å². The van der Waals surface area contributed by atoms with E-state index in [4.69, 9.17) is 5.14 Å². The average Bonchev–Trinajstić information content (AvgIpc) is 3.40. The van der Waals surface area contributed by atoms with Crippen molar-refractivity contribution in [3.63, 3.8) is 0 Å². The zero-order valence-corrected chi connectivity index (χ0v) is 18.6. The topological polar surface area (TPSA) is 129 Å². The lowest BCUT2D eigenvalue weighted by molar-refractivity contribution is -0.109. The fourth-order valence-corrected chi connectivity index (χ4v) is 6.56. The van der Waals surface area contributed by atoms with E-state index in [1.807, 2.05) is 0 Å². The number of aromatic nitrogens is 1. The van der Waals surface area contributed by atoms with Gasteiger partial charge in [-0.05, 0) is 74.6 Å². The Kier molecular flexibility index (Phi) is 5.22. The molecule has 2 aliphatic carbocycles. The first-order valence-corrected chi connectivity index (χ1v) is 12.4. The summed E-state index contributed by atoms with van der Waals surface area (Å²) >= 11 is 1.03. The second kappa shape index (κ2) is 7.46. The van der Waals surface area contributed by atoms with E-state index in [0.29, 0.717) is 5.01 Å². The number of nitrogens with two attached hydrogens (primary N) is 1. The first-order chi connectivity index (χ1) is 14.1. The lowest BCUT2D eigenvalue weighted by Crippen LogP contribution is -2.24. The number of thiazole rings is 1. The molecule has 1 amide bonds. The highest BCUT2D eigenvalue weighted by atomic mass is 32.2. The van der Waals surface area contributed by atoms with Crippen LogP contribution in [0.4, 0.5) is 5.69 Å². The Balaban J connectivity index is 1.69. The van der Waals surface area contributed by atoms with Crippen molar-refractivity contribution in [2.75, 3.05) is 5.32 Å². The first kappa shape index (κ1) is 21.0. The molecular weight excluding hydrogens is 420 g/mol. The summed E-state index contributed by atoms with van der Waals surface area (Å²) < 4.78 is 13.2. The fourth-order valence-electron chi connectivity index (χ4n) is 4.30. The Morgan fingerprint density at radius 3 is 2.33 bits per heavy atom. The Hall–Kier alpha value is -2.25. The molecule has 0 saturated heterocycles. The number of rotatable bonds is 4. The number of carbonyl (C=O) groups is 1. The third-order valence-electron chi connectivity index (χ3n) is 5.61. The van der Waals surface area contributed by atoms with Crippen LogP contribution in [0.15, 0.2) is 10.4 Å². The number of amides is 1. The molecule has 30 heavy (non-hydrogen) atoms. The molecule has 4 rings (SSSR count). The van der Waals surface area contributed by atoms with Gasteiger partial charge in [0.15, 0.2) is 0 Å². The minimum Gasteiger partial charge on any atom is -0.383 e. The molecule has 4 N–H and O–H groups in total. The molecule has 2 aromatic rings. The molecule has 1 atom stereocenters. The van der Waals surface area contributed by atoms with E-state index in [1.165, 1.54) is 6.20 Å². The van der Waals surface area contributed by atoms with Crippen LogP contribution in [-0.2, 0) is 45.8 Å². The number of nitrogens with zero attached hydrogens (tertiary/aromatic N) is 2. The van der Waals surface area contributed by atoms with E-state index in [2.05, 4.69) is 16.4 Å². The monoisotopic (exact) mass is 444 g/mol. The minimum absolute atomic E-state index is 0.241. The van der Waals surface area contributed by atoms with E-state index < -0.39 is 21.2 Å². The van der Waals surface area contributed by atoms with Gasteiger partial charge >= 0.3 is 0 Å². The maximum Gasteiger partial charge on any atom is 0.258 e. The average molecular weight is 445 g/mol. The fraction of sp³-hybridized carbons (Fsp3) is 0.429. The van der Waals surface area contributed by atoms with E-state index in [1.54, 1.807) is 13.8 Å². The van der Waals surface area contributed by atoms with Crippen LogP contribution in [0.25, 0.3) is 0 Å². The molecule has 1 aromatic heterocycles. The van der Waals surface area contributed by atoms with Gasteiger partial charge in [0.2, 0.25) is 0 Å². The number of aliphatic hydroxyl groups is 1. The van der Waals surface area contributed by atoms with Crippen LogP contribution >= 0.6 is 11.3 Å². The van der Waals surface area contributed by atoms with Gasteiger partial charge in [-0.2, -0.15) is 5.26 Å². The van der Waals surface area contributed by atoms with E-state index >= 15 is 0 Å². The number of hydrogen-bond donors (Lipinski definition) is 3. The van der Waals surface area contributed by atoms with Crippen LogP contribution in [0.5, 0.6) is 0 Å². The lowest BCUT2D eigenvalue weighted by Gasteiger charge is -2.17. The van der Waals surface area contributed by atoms with Gasteiger partial charge in [-0.15, -0.1) is 11.3 Å². The summed E-state index contributed by atoms with van der Waals surface area (Å²) in [6, 6.07) is 2.37. The predicted molar refractivity (Wildman–Crippen MR) is 118 cm³/mol. The number of benzene rings is 1. The number of hydrogen-bond acceptors (Lipinski definition) is 6. The highest BCUT2D eigenvalue weighted by Gasteiger charge is 2.29. The van der Waals surface area contributed by atoms with Crippen molar-refractivity contribution >= 4 is 38.0 Å². The van der Waals surface area contributed by atoms with Crippen molar-refractivity contribution in [2.45, 2.75) is 62.2 Å². The van der Waals surface area contributed by atoms with E-state index in [-0.39, 0.29) is 4.21 Å². The van der Waals surface area contributed by atoms with Crippen molar-refractivity contribution in [3.8, 4) is 6.07 Å². The molecule has 0 saturated carbocycles. The molecular formula is C21H24N4O3S2. The van der Waals surface area contributed by atoms with Crippen molar-refractivity contribution in [1.29, 1.82) is 5.26 Å². The van der Waals surface area contributed by atoms with Gasteiger partial charge in [0.05, 0.1) is 32.9 Å². The Morgan fingerprint density at radius 2 is 1.83 bits per heavy atom. The van der Waals surface area contributed by atoms with E-state index in [9.17, 15) is 19.4 Å². The van der Waals surface area contributed by atoms with E-state index in [0.717, 1.165) is 88.7 Å². The van der Waals surface area contributed by atoms with Crippen LogP contribution in [0, 0.1) is 11.3 Å². The first-order valence-electron chi connectivity index (χ1n) is 9.88. The van der Waals surface area contributed by atoms with Crippen LogP contribution in [-0.4, -0.2) is 25.6 Å². The molecule has 0 aliphatic heterocycles. The van der Waals surface area contributed by atoms with Crippen molar-refractivity contribution in [2.24, 2.45) is 5.14 Å². The maximum absolute atomic E-state index is 13.0. The van der Waals surface area contributed by atoms with Gasteiger partial charge < -0.3 is 10.4 Å². The molecule has 2 aliphatic rings. The van der Waals surface area contributed by atoms with Crippen LogP contribution in [0.1, 0.15) is 59.5 Å². The van der Waals surface area contributed by atoms with Gasteiger partial charge in [-0.1, -0.05) is 0 Å². The van der Waals surface area contributed by atoms with Gasteiger partial charge in [0.25, 0.3) is 5.91 Å². The second-order valence-corrected chi connectivity index (χ2v) is 11.5. The second-order valence-electron chi connectivity index (χ2n) is 8.28. The largest absolute Gasteiger partial charge is 0.383 e. The minimum atomic E-state index is -3.25. The Labute approximate surface area is 180 Å². The lowest BCUT2D eigenvalue weighted by atomic mass is 9.92. The quantitative estimate of drug-likeness (QED) is 0.623. The van der Waals surface area contributed by atoms with Crippen LogP contribution in [0.3, 0.4) is 0 Å². The van der Waals surface area contributed by atoms with Gasteiger partial charge in [0.1, 0.15) is 14.8 Å². The number of nitrogens with one attached hydrogen (secondary N) is 1. The number of fused-ring (bicyclic) bond motifs is 2. The van der Waals surface area contributed by atoms with Gasteiger partial charge in [0, 0.05) is 5.69 Å². The maximum atomic E-state index is 13.0. The highest BCUT2D eigenvalue weighted by molar-refractivity contribution is 8.02. The van der Waals surface area contributed by atoms with Gasteiger partial charge in [-0.3, -0.25) is 9.93 Å². The highest BCUT2D eigenvalue weighted by Crippen LogP contribution is 2.41. The number of carbonyl (C=O) groups excluding carboxylic acids is 1. The summed E-state index contributed by atoms with van der Waals surface area (Å²) in [7, 11) is -3.25. The molecule has 1 heterocycles.